The molecular weight excluding hydrogens is 544 g/mol. The Kier molecular flexibility index (Phi) is 5.93. The van der Waals surface area contributed by atoms with E-state index in [0.717, 1.165) is 17.8 Å². The minimum absolute atomic E-state index is 0.187. The molecule has 2 aliphatic rings. The van der Waals surface area contributed by atoms with Gasteiger partial charge in [-0.25, -0.2) is 19.1 Å². The first-order valence-corrected chi connectivity index (χ1v) is 13.2. The number of nitrogens with zero attached hydrogens (tertiary/aromatic N) is 5. The molecule has 4 aromatic carbocycles. The van der Waals surface area contributed by atoms with Crippen molar-refractivity contribution in [2.45, 2.75) is 19.1 Å². The lowest BCUT2D eigenvalue weighted by molar-refractivity contribution is -0.137. The number of aliphatic imine (C=N–C) groups is 2. The summed E-state index contributed by atoms with van der Waals surface area (Å²) in [6, 6.07) is 27.5. The zero-order valence-electron chi connectivity index (χ0n) is 22.1. The van der Waals surface area contributed by atoms with Crippen molar-refractivity contribution in [2.24, 2.45) is 9.98 Å². The molecule has 0 amide bonds. The molecule has 0 saturated heterocycles. The van der Waals surface area contributed by atoms with E-state index in [4.69, 9.17) is 15.1 Å². The Labute approximate surface area is 238 Å². The van der Waals surface area contributed by atoms with Gasteiger partial charge in [-0.05, 0) is 55.5 Å². The predicted molar refractivity (Wildman–Crippen MR) is 155 cm³/mol. The Bertz CT molecular complexity index is 1890. The van der Waals surface area contributed by atoms with Crippen LogP contribution in [0.25, 0.3) is 5.69 Å². The molecule has 7 rings (SSSR count). The number of hydrogen-bond acceptors (Lipinski definition) is 5. The summed E-state index contributed by atoms with van der Waals surface area (Å²) < 4.78 is 57.9. The molecule has 1 atom stereocenters. The van der Waals surface area contributed by atoms with E-state index in [1.165, 1.54) is 18.2 Å². The standard InChI is InChI=1S/C32H22F4N6/c1-19-27-28(23-14-5-6-15-24(23)33)41-26-17-8-7-16-25(26)38-29(37-21-11-9-10-20(18-21)32(34,35)36)31(41)39-30(27)42(40-19)22-12-3-2-4-13-22/h2-18,28H,1H3,(H,37,38)/t28-/m0/s1. The molecule has 0 unspecified atom stereocenters. The fourth-order valence-corrected chi connectivity index (χ4v) is 5.45. The number of alkyl halides is 3. The number of anilines is 2. The third-order valence-corrected chi connectivity index (χ3v) is 7.29. The molecule has 10 heteroatoms. The quantitative estimate of drug-likeness (QED) is 0.224. The van der Waals surface area contributed by atoms with Gasteiger partial charge in [0.15, 0.2) is 17.5 Å². The maximum atomic E-state index is 15.6. The molecule has 1 N–H and O–H groups in total. The summed E-state index contributed by atoms with van der Waals surface area (Å²) in [7, 11) is 0. The molecule has 0 bridgehead atoms. The second-order valence-corrected chi connectivity index (χ2v) is 9.95. The number of aromatic nitrogens is 2. The number of para-hydroxylation sites is 3. The molecule has 3 heterocycles. The summed E-state index contributed by atoms with van der Waals surface area (Å²) in [5, 5.41) is 7.88. The van der Waals surface area contributed by atoms with Crippen LogP contribution < -0.4 is 10.2 Å². The molecule has 0 fully saturated rings. The van der Waals surface area contributed by atoms with Crippen LogP contribution in [0.15, 0.2) is 113 Å². The molecule has 5 aromatic rings. The molecule has 0 saturated carbocycles. The highest BCUT2D eigenvalue weighted by molar-refractivity contribution is 6.51. The lowest BCUT2D eigenvalue weighted by atomic mass is 9.93. The average molecular weight is 567 g/mol. The fourth-order valence-electron chi connectivity index (χ4n) is 5.45. The van der Waals surface area contributed by atoms with Crippen LogP contribution in [0.1, 0.15) is 28.4 Å². The van der Waals surface area contributed by atoms with E-state index in [1.54, 1.807) is 28.9 Å². The van der Waals surface area contributed by atoms with Gasteiger partial charge in [0.05, 0.1) is 34.4 Å². The zero-order valence-corrected chi connectivity index (χ0v) is 22.1. The van der Waals surface area contributed by atoms with Gasteiger partial charge in [-0.1, -0.05) is 54.6 Å². The topological polar surface area (TPSA) is 57.8 Å². The Balaban J connectivity index is 1.48. The van der Waals surface area contributed by atoms with Crippen LogP contribution in [0, 0.1) is 12.7 Å². The number of hydrogen-bond donors (Lipinski definition) is 1. The van der Waals surface area contributed by atoms with Crippen molar-refractivity contribution in [3.05, 3.63) is 131 Å². The first kappa shape index (κ1) is 25.7. The van der Waals surface area contributed by atoms with Gasteiger partial charge in [-0.15, -0.1) is 0 Å². The number of halogens is 4. The summed E-state index contributed by atoms with van der Waals surface area (Å²) in [4.78, 5) is 11.7. The van der Waals surface area contributed by atoms with Crippen molar-refractivity contribution in [1.29, 1.82) is 0 Å². The minimum atomic E-state index is -4.52. The smallest absolute Gasteiger partial charge is 0.337 e. The van der Waals surface area contributed by atoms with Crippen LogP contribution in [0.5, 0.6) is 0 Å². The van der Waals surface area contributed by atoms with Gasteiger partial charge >= 0.3 is 6.18 Å². The van der Waals surface area contributed by atoms with Crippen LogP contribution in [0.3, 0.4) is 0 Å². The number of fused-ring (bicyclic) bond motifs is 4. The van der Waals surface area contributed by atoms with E-state index < -0.39 is 23.6 Å². The van der Waals surface area contributed by atoms with Crippen LogP contribution in [-0.4, -0.2) is 21.5 Å². The molecule has 6 nitrogen and oxygen atoms in total. The van der Waals surface area contributed by atoms with E-state index in [1.807, 2.05) is 60.4 Å². The Hall–Kier alpha value is -5.25. The second kappa shape index (κ2) is 9.69. The van der Waals surface area contributed by atoms with Gasteiger partial charge in [0, 0.05) is 16.8 Å². The fraction of sp³-hybridized carbons (Fsp3) is 0.0938. The Morgan fingerprint density at radius 1 is 0.810 bits per heavy atom. The second-order valence-electron chi connectivity index (χ2n) is 9.95. The monoisotopic (exact) mass is 566 g/mol. The molecule has 0 spiro atoms. The maximum Gasteiger partial charge on any atom is 0.416 e. The molecule has 42 heavy (non-hydrogen) atoms. The summed E-state index contributed by atoms with van der Waals surface area (Å²) >= 11 is 0. The summed E-state index contributed by atoms with van der Waals surface area (Å²) in [6.45, 7) is 1.86. The highest BCUT2D eigenvalue weighted by Gasteiger charge is 2.42. The summed E-state index contributed by atoms with van der Waals surface area (Å²) in [5.74, 6) is 0.618. The van der Waals surface area contributed by atoms with E-state index in [-0.39, 0.29) is 11.5 Å². The van der Waals surface area contributed by atoms with Gasteiger partial charge < -0.3 is 10.2 Å². The SMILES string of the molecule is Cc1nn(-c2ccccc2)c2c1[C@H](c1ccccc1F)N1C(=N2)C(Nc2cccc(C(F)(F)F)c2)=Nc2ccccc21. The summed E-state index contributed by atoms with van der Waals surface area (Å²) in [6.07, 6.45) is -4.52. The minimum Gasteiger partial charge on any atom is -0.337 e. The molecule has 0 radical (unpaired) electrons. The van der Waals surface area contributed by atoms with Crippen molar-refractivity contribution in [3.8, 4) is 5.69 Å². The van der Waals surface area contributed by atoms with E-state index in [2.05, 4.69) is 5.32 Å². The van der Waals surface area contributed by atoms with Gasteiger partial charge in [0.2, 0.25) is 0 Å². The van der Waals surface area contributed by atoms with E-state index in [0.29, 0.717) is 39.8 Å². The third kappa shape index (κ3) is 4.23. The number of aryl methyl sites for hydroxylation is 1. The molecule has 0 aliphatic carbocycles. The Morgan fingerprint density at radius 3 is 2.33 bits per heavy atom. The maximum absolute atomic E-state index is 15.6. The normalized spacial score (nSPS) is 15.7. The highest BCUT2D eigenvalue weighted by atomic mass is 19.4. The molecular formula is C32H22F4N6. The van der Waals surface area contributed by atoms with Crippen LogP contribution >= 0.6 is 0 Å². The van der Waals surface area contributed by atoms with Crippen LogP contribution in [0.4, 0.5) is 40.4 Å². The van der Waals surface area contributed by atoms with Crippen molar-refractivity contribution in [1.82, 2.24) is 9.78 Å². The Morgan fingerprint density at radius 2 is 1.55 bits per heavy atom. The third-order valence-electron chi connectivity index (χ3n) is 7.29. The first-order valence-electron chi connectivity index (χ1n) is 13.2. The van der Waals surface area contributed by atoms with E-state index >= 15 is 4.39 Å². The zero-order chi connectivity index (χ0) is 29.0. The van der Waals surface area contributed by atoms with Gasteiger partial charge in [0.1, 0.15) is 5.82 Å². The number of amidine groups is 2. The molecule has 1 aromatic heterocycles. The number of rotatable bonds is 3. The summed E-state index contributed by atoms with van der Waals surface area (Å²) in [5.41, 5.74) is 3.16. The number of benzene rings is 4. The molecule has 208 valence electrons. The van der Waals surface area contributed by atoms with Crippen molar-refractivity contribution in [3.63, 3.8) is 0 Å². The van der Waals surface area contributed by atoms with Gasteiger partial charge in [0.25, 0.3) is 0 Å². The molecule has 2 aliphatic heterocycles. The van der Waals surface area contributed by atoms with Crippen LogP contribution in [0.2, 0.25) is 0 Å². The van der Waals surface area contributed by atoms with Gasteiger partial charge in [-0.2, -0.15) is 18.3 Å². The largest absolute Gasteiger partial charge is 0.416 e. The van der Waals surface area contributed by atoms with Crippen molar-refractivity contribution in [2.75, 3.05) is 10.2 Å². The lowest BCUT2D eigenvalue weighted by Crippen LogP contribution is -2.46. The first-order chi connectivity index (χ1) is 20.3. The van der Waals surface area contributed by atoms with Crippen molar-refractivity contribution >= 4 is 34.6 Å². The van der Waals surface area contributed by atoms with Crippen LogP contribution in [-0.2, 0) is 6.18 Å². The predicted octanol–water partition coefficient (Wildman–Crippen LogP) is 8.13. The lowest BCUT2D eigenvalue weighted by Gasteiger charge is -2.40. The number of nitrogens with one attached hydrogen (secondary N) is 1. The van der Waals surface area contributed by atoms with Crippen molar-refractivity contribution < 1.29 is 17.6 Å². The highest BCUT2D eigenvalue weighted by Crippen LogP contribution is 2.48. The van der Waals surface area contributed by atoms with Gasteiger partial charge in [-0.3, -0.25) is 0 Å². The van der Waals surface area contributed by atoms with E-state index in [9.17, 15) is 13.2 Å². The average Bonchev–Trinajstić information content (AvgIpc) is 3.33.